The molecule has 1 N–H and O–H groups in total. The maximum atomic E-state index is 12.2. The molecule has 0 saturated heterocycles. The van der Waals surface area contributed by atoms with E-state index in [0.29, 0.717) is 16.5 Å². The van der Waals surface area contributed by atoms with Gasteiger partial charge in [0.05, 0.1) is 20.3 Å². The van der Waals surface area contributed by atoms with Gasteiger partial charge in [0.2, 0.25) is 0 Å². The highest BCUT2D eigenvalue weighted by Gasteiger charge is 2.17. The van der Waals surface area contributed by atoms with Crippen molar-refractivity contribution in [3.8, 4) is 11.5 Å². The van der Waals surface area contributed by atoms with Crippen LogP contribution in [0, 0.1) is 0 Å². The van der Waals surface area contributed by atoms with Gasteiger partial charge in [-0.1, -0.05) is 23.7 Å². The molecule has 0 bridgehead atoms. The number of hydrogen-bond donors (Lipinski definition) is 1. The van der Waals surface area contributed by atoms with Gasteiger partial charge in [-0.2, -0.15) is 0 Å². The number of nitrogens with one attached hydrogen (secondary N) is 1. The fourth-order valence-electron chi connectivity index (χ4n) is 2.32. The summed E-state index contributed by atoms with van der Waals surface area (Å²) in [5.74, 6) is -0.278. The number of ether oxygens (including phenoxy) is 3. The number of carbonyl (C=O) groups is 2. The zero-order valence-corrected chi connectivity index (χ0v) is 15.5. The number of esters is 1. The summed E-state index contributed by atoms with van der Waals surface area (Å²) in [7, 11) is 2.93. The smallest absolute Gasteiger partial charge is 0.342 e. The fourth-order valence-corrected chi connectivity index (χ4v) is 2.52. The summed E-state index contributed by atoms with van der Waals surface area (Å²) in [6, 6.07) is 11.6. The van der Waals surface area contributed by atoms with Crippen LogP contribution in [-0.4, -0.2) is 32.7 Å². The topological polar surface area (TPSA) is 73.9 Å². The molecule has 0 saturated carbocycles. The molecule has 1 amide bonds. The van der Waals surface area contributed by atoms with Gasteiger partial charge >= 0.3 is 5.97 Å². The Morgan fingerprint density at radius 2 is 1.88 bits per heavy atom. The normalized spacial score (nSPS) is 11.4. The molecular formula is C19H20ClNO5. The average Bonchev–Trinajstić information content (AvgIpc) is 2.65. The third kappa shape index (κ3) is 5.13. The first-order chi connectivity index (χ1) is 12.4. The molecule has 2 aromatic carbocycles. The Balaban J connectivity index is 1.95. The molecule has 138 valence electrons. The van der Waals surface area contributed by atoms with Crippen LogP contribution in [0.5, 0.6) is 11.5 Å². The van der Waals surface area contributed by atoms with Gasteiger partial charge in [0.15, 0.2) is 6.61 Å². The second-order valence-electron chi connectivity index (χ2n) is 5.49. The number of hydrogen-bond acceptors (Lipinski definition) is 5. The van der Waals surface area contributed by atoms with Crippen molar-refractivity contribution < 1.29 is 23.8 Å². The fraction of sp³-hybridized carbons (Fsp3) is 0.263. The van der Waals surface area contributed by atoms with Gasteiger partial charge in [-0.3, -0.25) is 4.79 Å². The van der Waals surface area contributed by atoms with Gasteiger partial charge in [0, 0.05) is 5.02 Å². The number of halogens is 1. The molecule has 0 aliphatic rings. The minimum Gasteiger partial charge on any atom is -0.497 e. The summed E-state index contributed by atoms with van der Waals surface area (Å²) in [6.45, 7) is 1.40. The van der Waals surface area contributed by atoms with Crippen LogP contribution in [0.1, 0.15) is 28.9 Å². The lowest BCUT2D eigenvalue weighted by Gasteiger charge is -2.15. The van der Waals surface area contributed by atoms with E-state index in [0.717, 1.165) is 5.56 Å². The van der Waals surface area contributed by atoms with Crippen LogP contribution in [0.25, 0.3) is 0 Å². The van der Waals surface area contributed by atoms with E-state index in [9.17, 15) is 9.59 Å². The highest BCUT2D eigenvalue weighted by atomic mass is 35.5. The molecule has 7 heteroatoms. The molecule has 1 atom stereocenters. The quantitative estimate of drug-likeness (QED) is 0.748. The lowest BCUT2D eigenvalue weighted by molar-refractivity contribution is -0.124. The standard InChI is InChI=1S/C19H20ClNO5/c1-12(13-5-4-6-14(20)9-13)21-18(22)11-26-19(23)16-10-15(24-2)7-8-17(16)25-3/h4-10,12H,11H2,1-3H3,(H,21,22)/t12-/m0/s1. The Morgan fingerprint density at radius 1 is 1.12 bits per heavy atom. The van der Waals surface area contributed by atoms with E-state index in [1.54, 1.807) is 30.3 Å². The molecule has 0 spiro atoms. The molecule has 2 aromatic rings. The molecule has 0 aliphatic heterocycles. The van der Waals surface area contributed by atoms with E-state index in [1.807, 2.05) is 13.0 Å². The zero-order valence-electron chi connectivity index (χ0n) is 14.7. The highest BCUT2D eigenvalue weighted by molar-refractivity contribution is 6.30. The predicted molar refractivity (Wildman–Crippen MR) is 97.8 cm³/mol. The molecule has 2 rings (SSSR count). The molecule has 0 aromatic heterocycles. The van der Waals surface area contributed by atoms with Crippen LogP contribution in [0.15, 0.2) is 42.5 Å². The monoisotopic (exact) mass is 377 g/mol. The van der Waals surface area contributed by atoms with Crippen molar-refractivity contribution in [3.63, 3.8) is 0 Å². The van der Waals surface area contributed by atoms with Gasteiger partial charge in [0.1, 0.15) is 17.1 Å². The van der Waals surface area contributed by atoms with E-state index in [4.69, 9.17) is 25.8 Å². The number of methoxy groups -OCH3 is 2. The molecular weight excluding hydrogens is 358 g/mol. The SMILES string of the molecule is COc1ccc(OC)c(C(=O)OCC(=O)N[C@@H](C)c2cccc(Cl)c2)c1. The van der Waals surface area contributed by atoms with Crippen molar-refractivity contribution in [2.75, 3.05) is 20.8 Å². The maximum Gasteiger partial charge on any atom is 0.342 e. The summed E-state index contributed by atoms with van der Waals surface area (Å²) in [4.78, 5) is 24.3. The summed E-state index contributed by atoms with van der Waals surface area (Å²) in [6.07, 6.45) is 0. The van der Waals surface area contributed by atoms with Crippen molar-refractivity contribution in [2.45, 2.75) is 13.0 Å². The first kappa shape index (κ1) is 19.6. The molecule has 0 heterocycles. The Labute approximate surface area is 157 Å². The Hall–Kier alpha value is -2.73. The van der Waals surface area contributed by atoms with Crippen LogP contribution in [0.4, 0.5) is 0 Å². The van der Waals surface area contributed by atoms with E-state index >= 15 is 0 Å². The van der Waals surface area contributed by atoms with E-state index in [1.165, 1.54) is 20.3 Å². The first-order valence-corrected chi connectivity index (χ1v) is 8.26. The van der Waals surface area contributed by atoms with Gasteiger partial charge in [-0.15, -0.1) is 0 Å². The Bertz CT molecular complexity index is 793. The predicted octanol–water partition coefficient (Wildman–Crippen LogP) is 3.39. The minimum atomic E-state index is -0.675. The third-order valence-corrected chi connectivity index (χ3v) is 3.92. The van der Waals surface area contributed by atoms with Gasteiger partial charge < -0.3 is 19.5 Å². The summed E-state index contributed by atoms with van der Waals surface area (Å²) in [5, 5.41) is 3.33. The van der Waals surface area contributed by atoms with Crippen LogP contribution in [0.2, 0.25) is 5.02 Å². The second-order valence-corrected chi connectivity index (χ2v) is 5.92. The summed E-state index contributed by atoms with van der Waals surface area (Å²) >= 11 is 5.95. The first-order valence-electron chi connectivity index (χ1n) is 7.88. The summed E-state index contributed by atoms with van der Waals surface area (Å²) in [5.41, 5.74) is 1.04. The molecule has 0 radical (unpaired) electrons. The maximum absolute atomic E-state index is 12.2. The van der Waals surface area contributed by atoms with E-state index in [-0.39, 0.29) is 11.6 Å². The van der Waals surface area contributed by atoms with Gasteiger partial charge in [-0.25, -0.2) is 4.79 Å². The third-order valence-electron chi connectivity index (χ3n) is 3.69. The number of rotatable bonds is 7. The van der Waals surface area contributed by atoms with Crippen LogP contribution in [-0.2, 0) is 9.53 Å². The molecule has 26 heavy (non-hydrogen) atoms. The van der Waals surface area contributed by atoms with Crippen LogP contribution < -0.4 is 14.8 Å². The molecule has 6 nitrogen and oxygen atoms in total. The second kappa shape index (κ2) is 9.10. The largest absolute Gasteiger partial charge is 0.497 e. The van der Waals surface area contributed by atoms with Crippen LogP contribution >= 0.6 is 11.6 Å². The van der Waals surface area contributed by atoms with Crippen molar-refractivity contribution in [2.24, 2.45) is 0 Å². The minimum absolute atomic E-state index is 0.183. The van der Waals surface area contributed by atoms with Crippen molar-refractivity contribution in [3.05, 3.63) is 58.6 Å². The highest BCUT2D eigenvalue weighted by Crippen LogP contribution is 2.24. The van der Waals surface area contributed by atoms with Crippen molar-refractivity contribution in [1.29, 1.82) is 0 Å². The van der Waals surface area contributed by atoms with Crippen molar-refractivity contribution in [1.82, 2.24) is 5.32 Å². The van der Waals surface area contributed by atoms with Crippen molar-refractivity contribution >= 4 is 23.5 Å². The molecule has 0 unspecified atom stereocenters. The number of benzene rings is 2. The van der Waals surface area contributed by atoms with E-state index in [2.05, 4.69) is 5.32 Å². The average molecular weight is 378 g/mol. The zero-order chi connectivity index (χ0) is 19.1. The lowest BCUT2D eigenvalue weighted by atomic mass is 10.1. The lowest BCUT2D eigenvalue weighted by Crippen LogP contribution is -2.31. The van der Waals surface area contributed by atoms with Crippen LogP contribution in [0.3, 0.4) is 0 Å². The van der Waals surface area contributed by atoms with E-state index < -0.39 is 18.5 Å². The van der Waals surface area contributed by atoms with Gasteiger partial charge in [-0.05, 0) is 42.8 Å². The Kier molecular flexibility index (Phi) is 6.86. The number of amides is 1. The molecule has 0 aliphatic carbocycles. The summed E-state index contributed by atoms with van der Waals surface area (Å²) < 4.78 is 15.3. The molecule has 0 fully saturated rings. The number of carbonyl (C=O) groups excluding carboxylic acids is 2. The van der Waals surface area contributed by atoms with Gasteiger partial charge in [0.25, 0.3) is 5.91 Å². The Morgan fingerprint density at radius 3 is 2.54 bits per heavy atom.